The SMILES string of the molecule is CCCCCCCCCC(c1ccc(N)cc1)c1ccc(CC(CCCCCCCC)Cc2ccc(C(CCCCCCCCC)c3ccc(N)cc3)cc2)cc1. The van der Waals surface area contributed by atoms with Gasteiger partial charge >= 0.3 is 0 Å². The Morgan fingerprint density at radius 1 is 0.316 bits per heavy atom. The zero-order valence-electron chi connectivity index (χ0n) is 36.8. The van der Waals surface area contributed by atoms with Crippen LogP contribution in [0.4, 0.5) is 11.4 Å². The fourth-order valence-corrected chi connectivity index (χ4v) is 9.05. The van der Waals surface area contributed by atoms with Crippen molar-refractivity contribution >= 4 is 11.4 Å². The Bertz CT molecular complexity index is 1440. The summed E-state index contributed by atoms with van der Waals surface area (Å²) in [7, 11) is 0. The maximum absolute atomic E-state index is 6.11. The second-order valence-electron chi connectivity index (χ2n) is 17.6. The van der Waals surface area contributed by atoms with Crippen molar-refractivity contribution in [3.63, 3.8) is 0 Å². The van der Waals surface area contributed by atoms with E-state index in [4.69, 9.17) is 11.5 Å². The average Bonchev–Trinajstić information content (AvgIpc) is 3.23. The van der Waals surface area contributed by atoms with Crippen LogP contribution in [0.5, 0.6) is 0 Å². The normalized spacial score (nSPS) is 13.1. The predicted octanol–water partition coefficient (Wildman–Crippen LogP) is 16.5. The standard InChI is InChI=1S/C55H82N2/c1-4-7-10-13-16-19-22-25-54(50-35-39-52(56)40-36-50)48-31-27-45(28-32-48)43-47(24-21-18-15-12-9-6-3)44-46-29-33-49(34-30-46)55(51-37-41-53(57)42-38-51)26-23-20-17-14-11-8-5-2/h27-42,47,54-55H,4-26,43-44,56-57H2,1-3H3. The van der Waals surface area contributed by atoms with Crippen molar-refractivity contribution in [2.45, 2.75) is 193 Å². The van der Waals surface area contributed by atoms with E-state index in [1.165, 1.54) is 181 Å². The molecule has 0 saturated heterocycles. The van der Waals surface area contributed by atoms with E-state index in [1.54, 1.807) is 0 Å². The van der Waals surface area contributed by atoms with Crippen LogP contribution in [0.25, 0.3) is 0 Å². The highest BCUT2D eigenvalue weighted by Gasteiger charge is 2.18. The largest absolute Gasteiger partial charge is 0.399 e. The van der Waals surface area contributed by atoms with Crippen LogP contribution in [-0.4, -0.2) is 0 Å². The van der Waals surface area contributed by atoms with Gasteiger partial charge in [-0.2, -0.15) is 0 Å². The molecule has 0 fully saturated rings. The molecule has 0 aromatic heterocycles. The molecule has 0 heterocycles. The van der Waals surface area contributed by atoms with Gasteiger partial charge in [0.25, 0.3) is 0 Å². The summed E-state index contributed by atoms with van der Waals surface area (Å²) in [6, 6.07) is 36.9. The smallest absolute Gasteiger partial charge is 0.0314 e. The third-order valence-electron chi connectivity index (χ3n) is 12.6. The molecule has 0 saturated carbocycles. The van der Waals surface area contributed by atoms with Gasteiger partial charge in [0.15, 0.2) is 0 Å². The molecule has 2 atom stereocenters. The Kier molecular flexibility index (Phi) is 22.7. The molecule has 2 nitrogen and oxygen atoms in total. The first-order chi connectivity index (χ1) is 28.0. The Balaban J connectivity index is 1.43. The lowest BCUT2D eigenvalue weighted by molar-refractivity contribution is 0.445. The fourth-order valence-electron chi connectivity index (χ4n) is 9.05. The van der Waals surface area contributed by atoms with Gasteiger partial charge in [-0.1, -0.05) is 222 Å². The number of hydrogen-bond acceptors (Lipinski definition) is 2. The summed E-state index contributed by atoms with van der Waals surface area (Å²) in [5.74, 6) is 1.50. The summed E-state index contributed by atoms with van der Waals surface area (Å²) in [6.07, 6.45) is 33.0. The molecule has 0 aliphatic heterocycles. The van der Waals surface area contributed by atoms with Gasteiger partial charge in [0.2, 0.25) is 0 Å². The third kappa shape index (κ3) is 17.9. The van der Waals surface area contributed by atoms with Crippen molar-refractivity contribution in [2.24, 2.45) is 5.92 Å². The number of rotatable bonds is 31. The number of benzene rings is 4. The van der Waals surface area contributed by atoms with Crippen LogP contribution in [0.1, 0.15) is 214 Å². The second kappa shape index (κ2) is 28.0. The monoisotopic (exact) mass is 771 g/mol. The molecule has 4 N–H and O–H groups in total. The van der Waals surface area contributed by atoms with Gasteiger partial charge in [-0.15, -0.1) is 0 Å². The van der Waals surface area contributed by atoms with Crippen molar-refractivity contribution in [3.05, 3.63) is 130 Å². The summed E-state index contributed by atoms with van der Waals surface area (Å²) >= 11 is 0. The minimum Gasteiger partial charge on any atom is -0.399 e. The van der Waals surface area contributed by atoms with E-state index in [0.29, 0.717) is 17.8 Å². The Hall–Kier alpha value is -3.52. The zero-order chi connectivity index (χ0) is 40.3. The highest BCUT2D eigenvalue weighted by atomic mass is 14.5. The Labute approximate surface area is 351 Å². The zero-order valence-corrected chi connectivity index (χ0v) is 36.8. The summed E-state index contributed by atoms with van der Waals surface area (Å²) in [6.45, 7) is 6.91. The molecule has 0 aliphatic carbocycles. The number of nitrogen functional groups attached to an aromatic ring is 2. The number of hydrogen-bond donors (Lipinski definition) is 2. The van der Waals surface area contributed by atoms with Gasteiger partial charge in [-0.3, -0.25) is 0 Å². The third-order valence-corrected chi connectivity index (χ3v) is 12.6. The molecule has 0 spiro atoms. The van der Waals surface area contributed by atoms with E-state index in [2.05, 4.69) is 118 Å². The maximum Gasteiger partial charge on any atom is 0.0314 e. The van der Waals surface area contributed by atoms with Crippen molar-refractivity contribution < 1.29 is 0 Å². The highest BCUT2D eigenvalue weighted by molar-refractivity contribution is 5.44. The van der Waals surface area contributed by atoms with Crippen LogP contribution < -0.4 is 11.5 Å². The van der Waals surface area contributed by atoms with Crippen molar-refractivity contribution in [1.82, 2.24) is 0 Å². The summed E-state index contributed by atoms with van der Waals surface area (Å²) in [5, 5.41) is 0. The summed E-state index contributed by atoms with van der Waals surface area (Å²) in [4.78, 5) is 0. The molecule has 2 unspecified atom stereocenters. The lowest BCUT2D eigenvalue weighted by Crippen LogP contribution is -2.10. The predicted molar refractivity (Wildman–Crippen MR) is 252 cm³/mol. The first kappa shape index (κ1) is 46.2. The van der Waals surface area contributed by atoms with Crippen LogP contribution >= 0.6 is 0 Å². The second-order valence-corrected chi connectivity index (χ2v) is 17.6. The lowest BCUT2D eigenvalue weighted by atomic mass is 9.83. The van der Waals surface area contributed by atoms with Crippen LogP contribution in [0, 0.1) is 5.92 Å². The van der Waals surface area contributed by atoms with Gasteiger partial charge in [0.05, 0.1) is 0 Å². The van der Waals surface area contributed by atoms with E-state index >= 15 is 0 Å². The van der Waals surface area contributed by atoms with Crippen LogP contribution in [0.3, 0.4) is 0 Å². The van der Waals surface area contributed by atoms with Crippen LogP contribution in [-0.2, 0) is 12.8 Å². The first-order valence-corrected chi connectivity index (χ1v) is 23.9. The van der Waals surface area contributed by atoms with Crippen molar-refractivity contribution in [1.29, 1.82) is 0 Å². The quantitative estimate of drug-likeness (QED) is 0.0395. The average molecular weight is 771 g/mol. The molecule has 0 radical (unpaired) electrons. The minimum atomic E-state index is 0.426. The molecular formula is C55H82N2. The summed E-state index contributed by atoms with van der Waals surface area (Å²) in [5.41, 5.74) is 22.6. The fraction of sp³-hybridized carbons (Fsp3) is 0.564. The molecule has 4 aromatic rings. The first-order valence-electron chi connectivity index (χ1n) is 23.9. The molecule has 4 aromatic carbocycles. The minimum absolute atomic E-state index is 0.426. The Morgan fingerprint density at radius 2 is 0.579 bits per heavy atom. The maximum atomic E-state index is 6.11. The van der Waals surface area contributed by atoms with Gasteiger partial charge in [0.1, 0.15) is 0 Å². The number of unbranched alkanes of at least 4 members (excludes halogenated alkanes) is 17. The van der Waals surface area contributed by atoms with Crippen molar-refractivity contribution in [3.8, 4) is 0 Å². The van der Waals surface area contributed by atoms with Gasteiger partial charge in [-0.25, -0.2) is 0 Å². The number of nitrogens with two attached hydrogens (primary N) is 2. The lowest BCUT2D eigenvalue weighted by Gasteiger charge is -2.21. The van der Waals surface area contributed by atoms with E-state index < -0.39 is 0 Å². The topological polar surface area (TPSA) is 52.0 Å². The molecule has 0 amide bonds. The molecule has 57 heavy (non-hydrogen) atoms. The van der Waals surface area contributed by atoms with Crippen LogP contribution in [0.2, 0.25) is 0 Å². The molecular weight excluding hydrogens is 689 g/mol. The summed E-state index contributed by atoms with van der Waals surface area (Å²) < 4.78 is 0. The van der Waals surface area contributed by atoms with E-state index in [1.807, 2.05) is 0 Å². The van der Waals surface area contributed by atoms with E-state index in [0.717, 1.165) is 24.2 Å². The highest BCUT2D eigenvalue weighted by Crippen LogP contribution is 2.34. The molecule has 4 rings (SSSR count). The van der Waals surface area contributed by atoms with Gasteiger partial charge in [-0.05, 0) is 95.7 Å². The number of anilines is 2. The molecule has 0 bridgehead atoms. The van der Waals surface area contributed by atoms with Crippen molar-refractivity contribution in [2.75, 3.05) is 11.5 Å². The molecule has 2 heteroatoms. The van der Waals surface area contributed by atoms with E-state index in [9.17, 15) is 0 Å². The van der Waals surface area contributed by atoms with Gasteiger partial charge in [0, 0.05) is 23.2 Å². The Morgan fingerprint density at radius 3 is 0.895 bits per heavy atom. The van der Waals surface area contributed by atoms with E-state index in [-0.39, 0.29) is 0 Å². The van der Waals surface area contributed by atoms with Crippen LogP contribution in [0.15, 0.2) is 97.1 Å². The molecule has 0 aliphatic rings. The van der Waals surface area contributed by atoms with Gasteiger partial charge < -0.3 is 11.5 Å². The molecule has 312 valence electrons.